The predicted octanol–water partition coefficient (Wildman–Crippen LogP) is 1.89. The quantitative estimate of drug-likeness (QED) is 0.213. The average molecular weight is 629 g/mol. The summed E-state index contributed by atoms with van der Waals surface area (Å²) in [7, 11) is -2.08. The average Bonchev–Trinajstić information content (AvgIpc) is 3.39. The fraction of sp³-hybridized carbons (Fsp3) is 0.862. The van der Waals surface area contributed by atoms with Gasteiger partial charge in [-0.15, -0.1) is 0 Å². The number of unbranched alkanes of at least 4 members (excludes halogenated alkanes) is 4. The zero-order valence-corrected chi connectivity index (χ0v) is 27.3. The summed E-state index contributed by atoms with van der Waals surface area (Å²) in [5, 5.41) is 18.1. The van der Waals surface area contributed by atoms with Crippen molar-refractivity contribution in [1.82, 2.24) is 29.5 Å². The van der Waals surface area contributed by atoms with Gasteiger partial charge in [0, 0.05) is 39.3 Å². The zero-order valence-electron chi connectivity index (χ0n) is 26.5. The minimum absolute atomic E-state index is 0.0942. The molecule has 2 unspecified atom stereocenters. The van der Waals surface area contributed by atoms with Crippen LogP contribution in [0.4, 0.5) is 4.79 Å². The number of likely N-dealkylation sites (tertiary alicyclic amines) is 1. The monoisotopic (exact) mass is 628 g/mol. The Hall–Kier alpha value is -2.45. The summed E-state index contributed by atoms with van der Waals surface area (Å²) < 4.78 is 28.2. The molecular formula is C29H52N6O7S. The Labute approximate surface area is 256 Å². The Morgan fingerprint density at radius 3 is 2.37 bits per heavy atom. The van der Waals surface area contributed by atoms with Gasteiger partial charge in [-0.25, -0.2) is 9.59 Å². The largest absolute Gasteiger partial charge is 0.479 e. The fourth-order valence-corrected chi connectivity index (χ4v) is 7.52. The van der Waals surface area contributed by atoms with Crippen LogP contribution in [0.3, 0.4) is 0 Å². The predicted molar refractivity (Wildman–Crippen MR) is 162 cm³/mol. The molecule has 1 saturated carbocycles. The summed E-state index contributed by atoms with van der Waals surface area (Å²) in [4.78, 5) is 52.7. The van der Waals surface area contributed by atoms with Crippen LogP contribution in [0.15, 0.2) is 0 Å². The third-order valence-corrected chi connectivity index (χ3v) is 11.1. The topological polar surface area (TPSA) is 168 Å². The SMILES string of the molecule is CCCCCCCC1C[C@]1(NC(=O)[C@@H]1CCCN1C(=O)CNC(=O)NC(CN1CCCN(C)S1(=O)=O)C(C)(C)C)C(=O)O. The fourth-order valence-electron chi connectivity index (χ4n) is 6.07. The number of aliphatic carboxylic acids is 1. The lowest BCUT2D eigenvalue weighted by Gasteiger charge is -2.38. The van der Waals surface area contributed by atoms with Crippen LogP contribution in [0.2, 0.25) is 0 Å². The third kappa shape index (κ3) is 8.81. The van der Waals surface area contributed by atoms with Gasteiger partial charge in [0.2, 0.25) is 11.8 Å². The van der Waals surface area contributed by atoms with E-state index in [-0.39, 0.29) is 19.0 Å². The van der Waals surface area contributed by atoms with Crippen LogP contribution < -0.4 is 16.0 Å². The summed E-state index contributed by atoms with van der Waals surface area (Å²) >= 11 is 0. The molecule has 4 amide bonds. The summed E-state index contributed by atoms with van der Waals surface area (Å²) in [6.07, 6.45) is 8.24. The second kappa shape index (κ2) is 14.6. The standard InChI is InChI=1S/C29H52N6O7S/c1-6-7-8-9-10-13-21-18-29(21,26(38)39)32-25(37)22-14-11-17-35(22)24(36)19-30-27(40)31-23(28(2,3)4)20-34-16-12-15-33(5)43(34,41)42/h21-23H,6-20H2,1-5H3,(H,32,37)(H,38,39)(H2,30,31,40)/t21?,22-,23?,29+/m0/s1. The second-order valence-corrected chi connectivity index (χ2v) is 15.4. The molecule has 0 aromatic heterocycles. The Bertz CT molecular complexity index is 1130. The lowest BCUT2D eigenvalue weighted by molar-refractivity contribution is -0.145. The number of hydrogen-bond donors (Lipinski definition) is 4. The summed E-state index contributed by atoms with van der Waals surface area (Å²) in [5.74, 6) is -2.05. The minimum atomic E-state index is -3.61. The Morgan fingerprint density at radius 2 is 1.72 bits per heavy atom. The number of urea groups is 1. The maximum Gasteiger partial charge on any atom is 0.329 e. The number of rotatable bonds is 14. The van der Waals surface area contributed by atoms with E-state index < -0.39 is 57.1 Å². The number of carboxylic acid groups (broad SMARTS) is 1. The van der Waals surface area contributed by atoms with Crippen molar-refractivity contribution in [3.63, 3.8) is 0 Å². The highest BCUT2D eigenvalue weighted by atomic mass is 32.2. The molecule has 0 bridgehead atoms. The number of carbonyl (C=O) groups is 4. The van der Waals surface area contributed by atoms with E-state index in [4.69, 9.17) is 0 Å². The Balaban J connectivity index is 1.52. The van der Waals surface area contributed by atoms with Crippen molar-refractivity contribution < 1.29 is 32.7 Å². The van der Waals surface area contributed by atoms with E-state index in [0.29, 0.717) is 45.3 Å². The normalized spacial score (nSPS) is 26.5. The van der Waals surface area contributed by atoms with Gasteiger partial charge in [0.15, 0.2) is 0 Å². The first-order chi connectivity index (χ1) is 20.1. The van der Waals surface area contributed by atoms with Gasteiger partial charge in [0.1, 0.15) is 11.6 Å². The maximum atomic E-state index is 13.2. The Morgan fingerprint density at radius 1 is 1.02 bits per heavy atom. The van der Waals surface area contributed by atoms with Crippen LogP contribution in [0, 0.1) is 11.3 Å². The van der Waals surface area contributed by atoms with Crippen molar-refractivity contribution >= 4 is 34.0 Å². The molecule has 4 N–H and O–H groups in total. The van der Waals surface area contributed by atoms with Crippen LogP contribution in [-0.2, 0) is 24.6 Å². The van der Waals surface area contributed by atoms with Gasteiger partial charge >= 0.3 is 12.0 Å². The first kappa shape index (κ1) is 35.0. The number of nitrogens with one attached hydrogen (secondary N) is 3. The molecule has 2 heterocycles. The Kier molecular flexibility index (Phi) is 11.9. The van der Waals surface area contributed by atoms with E-state index in [9.17, 15) is 32.7 Å². The van der Waals surface area contributed by atoms with Crippen molar-refractivity contribution in [3.8, 4) is 0 Å². The molecule has 3 fully saturated rings. The van der Waals surface area contributed by atoms with Crippen LogP contribution in [-0.4, -0.2) is 108 Å². The van der Waals surface area contributed by atoms with E-state index in [0.717, 1.165) is 38.5 Å². The van der Waals surface area contributed by atoms with E-state index >= 15 is 0 Å². The van der Waals surface area contributed by atoms with Crippen LogP contribution >= 0.6 is 0 Å². The molecule has 0 spiro atoms. The van der Waals surface area contributed by atoms with Gasteiger partial charge in [-0.1, -0.05) is 59.8 Å². The first-order valence-corrected chi connectivity index (χ1v) is 17.1. The van der Waals surface area contributed by atoms with Gasteiger partial charge in [0.05, 0.1) is 6.54 Å². The van der Waals surface area contributed by atoms with Crippen LogP contribution in [0.5, 0.6) is 0 Å². The molecule has 4 atom stereocenters. The summed E-state index contributed by atoms with van der Waals surface area (Å²) in [5.41, 5.74) is -1.74. The molecule has 0 aromatic carbocycles. The molecule has 2 saturated heterocycles. The summed E-state index contributed by atoms with van der Waals surface area (Å²) in [6, 6.07) is -1.93. The summed E-state index contributed by atoms with van der Waals surface area (Å²) in [6.45, 7) is 8.74. The van der Waals surface area contributed by atoms with E-state index in [1.807, 2.05) is 20.8 Å². The van der Waals surface area contributed by atoms with Crippen LogP contribution in [0.25, 0.3) is 0 Å². The van der Waals surface area contributed by atoms with Crippen molar-refractivity contribution in [3.05, 3.63) is 0 Å². The number of carbonyl (C=O) groups excluding carboxylic acids is 3. The van der Waals surface area contributed by atoms with Gasteiger partial charge < -0.3 is 26.0 Å². The van der Waals surface area contributed by atoms with Crippen molar-refractivity contribution in [2.45, 2.75) is 110 Å². The highest BCUT2D eigenvalue weighted by molar-refractivity contribution is 7.86. The van der Waals surface area contributed by atoms with Crippen molar-refractivity contribution in [1.29, 1.82) is 0 Å². The first-order valence-electron chi connectivity index (χ1n) is 15.7. The molecule has 0 aromatic rings. The number of amides is 4. The molecule has 13 nitrogen and oxygen atoms in total. The smallest absolute Gasteiger partial charge is 0.329 e. The number of carboxylic acids is 1. The van der Waals surface area contributed by atoms with Crippen molar-refractivity contribution in [2.75, 3.05) is 39.8 Å². The molecular weight excluding hydrogens is 576 g/mol. The van der Waals surface area contributed by atoms with E-state index in [1.165, 1.54) is 20.6 Å². The highest BCUT2D eigenvalue weighted by Gasteiger charge is 2.61. The second-order valence-electron chi connectivity index (χ2n) is 13.4. The van der Waals surface area contributed by atoms with Crippen molar-refractivity contribution in [2.24, 2.45) is 11.3 Å². The van der Waals surface area contributed by atoms with Gasteiger partial charge in [-0.2, -0.15) is 17.0 Å². The minimum Gasteiger partial charge on any atom is -0.479 e. The molecule has 1 aliphatic carbocycles. The lowest BCUT2D eigenvalue weighted by Crippen LogP contribution is -2.58. The molecule has 2 aliphatic heterocycles. The number of nitrogens with zero attached hydrogens (tertiary/aromatic N) is 3. The highest BCUT2D eigenvalue weighted by Crippen LogP contribution is 2.47. The molecule has 3 aliphatic rings. The number of hydrogen-bond acceptors (Lipinski definition) is 6. The third-order valence-electron chi connectivity index (χ3n) is 9.10. The zero-order chi connectivity index (χ0) is 32.0. The van der Waals surface area contributed by atoms with Gasteiger partial charge in [0.25, 0.3) is 10.2 Å². The molecule has 14 heteroatoms. The molecule has 246 valence electrons. The lowest BCUT2D eigenvalue weighted by atomic mass is 9.86. The van der Waals surface area contributed by atoms with E-state index in [1.54, 1.807) is 0 Å². The van der Waals surface area contributed by atoms with Gasteiger partial charge in [-0.3, -0.25) is 9.59 Å². The van der Waals surface area contributed by atoms with E-state index in [2.05, 4.69) is 22.9 Å². The maximum absolute atomic E-state index is 13.2. The molecule has 0 radical (unpaired) electrons. The van der Waals surface area contributed by atoms with Crippen LogP contribution in [0.1, 0.15) is 91.9 Å². The molecule has 43 heavy (non-hydrogen) atoms. The molecule has 3 rings (SSSR count). The van der Waals surface area contributed by atoms with Gasteiger partial charge in [-0.05, 0) is 43.4 Å².